The zero-order chi connectivity index (χ0) is 22.3. The first-order valence-electron chi connectivity index (χ1n) is 8.54. The monoisotopic (exact) mass is 479 g/mol. The second-order valence-electron chi connectivity index (χ2n) is 6.28. The molecular weight excluding hydrogens is 469 g/mol. The number of amides is 4. The van der Waals surface area contributed by atoms with Crippen LogP contribution in [0.3, 0.4) is 0 Å². The van der Waals surface area contributed by atoms with E-state index in [0.29, 0.717) is 4.90 Å². The second-order valence-corrected chi connectivity index (χ2v) is 9.90. The first kappa shape index (κ1) is 21.0. The summed E-state index contributed by atoms with van der Waals surface area (Å²) in [5.74, 6) is -2.29. The minimum absolute atomic E-state index is 0.0882. The number of anilines is 2. The Hall–Kier alpha value is -3.28. The number of fused-ring (bicyclic) bond motifs is 1. The summed E-state index contributed by atoms with van der Waals surface area (Å²) in [6, 6.07) is 10.8. The van der Waals surface area contributed by atoms with Crippen molar-refractivity contribution >= 4 is 62.2 Å². The minimum Gasteiger partial charge on any atom is -0.307 e. The van der Waals surface area contributed by atoms with Crippen molar-refractivity contribution in [1.29, 1.82) is 0 Å². The number of carbonyl (C=O) groups excluding carboxylic acids is 3. The van der Waals surface area contributed by atoms with E-state index in [1.807, 2.05) is 0 Å². The zero-order valence-corrected chi connectivity index (χ0v) is 17.6. The molecule has 0 bridgehead atoms. The molecule has 1 aliphatic heterocycles. The van der Waals surface area contributed by atoms with E-state index in [4.69, 9.17) is 11.6 Å². The number of halogens is 2. The molecule has 0 saturated heterocycles. The standard InChI is InChI=1S/C19H11ClFN3O5S2/c20-15-7-8-16(30-15)31(28,29)23-19(27)22-10-5-6-14(13(21)9-10)24-17(25)11-3-1-2-4-12(11)18(24)26/h1-9H,(H2,22,23,27). The molecule has 2 N–H and O–H groups in total. The maximum absolute atomic E-state index is 14.7. The summed E-state index contributed by atoms with van der Waals surface area (Å²) in [5, 5.41) is 2.19. The Bertz CT molecular complexity index is 1320. The number of thiophene rings is 1. The first-order valence-corrected chi connectivity index (χ1v) is 11.2. The van der Waals surface area contributed by atoms with Crippen molar-refractivity contribution in [3.63, 3.8) is 0 Å². The van der Waals surface area contributed by atoms with Crippen LogP contribution in [0.25, 0.3) is 0 Å². The summed E-state index contributed by atoms with van der Waals surface area (Å²) < 4.78 is 40.8. The summed E-state index contributed by atoms with van der Waals surface area (Å²) in [7, 11) is -4.15. The third-order valence-corrected chi connectivity index (χ3v) is 7.33. The van der Waals surface area contributed by atoms with Gasteiger partial charge in [0.15, 0.2) is 0 Å². The SMILES string of the molecule is O=C(Nc1ccc(N2C(=O)c3ccccc3C2=O)c(F)c1)NS(=O)(=O)c1ccc(Cl)s1. The summed E-state index contributed by atoms with van der Waals surface area (Å²) in [4.78, 5) is 37.7. The molecule has 4 rings (SSSR count). The molecule has 0 atom stereocenters. The molecule has 0 aliphatic carbocycles. The molecule has 0 fully saturated rings. The molecule has 0 saturated carbocycles. The van der Waals surface area contributed by atoms with Gasteiger partial charge in [-0.2, -0.15) is 0 Å². The molecule has 12 heteroatoms. The number of nitrogens with one attached hydrogen (secondary N) is 2. The molecule has 0 spiro atoms. The molecule has 31 heavy (non-hydrogen) atoms. The van der Waals surface area contributed by atoms with Gasteiger partial charge in [0.1, 0.15) is 10.0 Å². The molecular formula is C19H11ClFN3O5S2. The van der Waals surface area contributed by atoms with Gasteiger partial charge in [0, 0.05) is 5.69 Å². The number of rotatable bonds is 4. The van der Waals surface area contributed by atoms with E-state index >= 15 is 0 Å². The highest BCUT2D eigenvalue weighted by atomic mass is 35.5. The number of benzene rings is 2. The fourth-order valence-corrected chi connectivity index (χ4v) is 5.34. The van der Waals surface area contributed by atoms with E-state index in [2.05, 4.69) is 5.32 Å². The van der Waals surface area contributed by atoms with Crippen LogP contribution in [0.15, 0.2) is 58.8 Å². The Morgan fingerprint density at radius 3 is 2.19 bits per heavy atom. The van der Waals surface area contributed by atoms with Crippen LogP contribution < -0.4 is 14.9 Å². The fraction of sp³-hybridized carbons (Fsp3) is 0. The van der Waals surface area contributed by atoms with Crippen molar-refractivity contribution in [2.24, 2.45) is 0 Å². The lowest BCUT2D eigenvalue weighted by molar-refractivity contribution is 0.0924. The van der Waals surface area contributed by atoms with Gasteiger partial charge in [-0.1, -0.05) is 23.7 Å². The second kappa shape index (κ2) is 7.76. The van der Waals surface area contributed by atoms with E-state index in [1.165, 1.54) is 30.3 Å². The Labute approximate surface area is 184 Å². The van der Waals surface area contributed by atoms with Crippen molar-refractivity contribution in [1.82, 2.24) is 4.72 Å². The van der Waals surface area contributed by atoms with E-state index in [9.17, 15) is 27.2 Å². The quantitative estimate of drug-likeness (QED) is 0.552. The van der Waals surface area contributed by atoms with Crippen molar-refractivity contribution in [2.75, 3.05) is 10.2 Å². The van der Waals surface area contributed by atoms with Crippen molar-refractivity contribution in [3.05, 3.63) is 75.9 Å². The molecule has 1 aromatic heterocycles. The van der Waals surface area contributed by atoms with Gasteiger partial charge in [0.05, 0.1) is 21.2 Å². The summed E-state index contributed by atoms with van der Waals surface area (Å²) in [5.41, 5.74) is -0.0625. The third kappa shape index (κ3) is 3.90. The van der Waals surface area contributed by atoms with Crippen molar-refractivity contribution in [3.8, 4) is 0 Å². The summed E-state index contributed by atoms with van der Waals surface area (Å²) in [6.45, 7) is 0. The number of imide groups is 1. The topological polar surface area (TPSA) is 113 Å². The van der Waals surface area contributed by atoms with Crippen LogP contribution in [0.5, 0.6) is 0 Å². The summed E-state index contributed by atoms with van der Waals surface area (Å²) >= 11 is 6.46. The van der Waals surface area contributed by atoms with Crippen LogP contribution in [0.1, 0.15) is 20.7 Å². The molecule has 0 unspecified atom stereocenters. The van der Waals surface area contributed by atoms with Gasteiger partial charge in [-0.15, -0.1) is 11.3 Å². The maximum atomic E-state index is 14.7. The van der Waals surface area contributed by atoms with E-state index in [1.54, 1.807) is 16.9 Å². The Morgan fingerprint density at radius 1 is 1.00 bits per heavy atom. The predicted molar refractivity (Wildman–Crippen MR) is 113 cm³/mol. The van der Waals surface area contributed by atoms with Gasteiger partial charge in [-0.05, 0) is 42.5 Å². The highest BCUT2D eigenvalue weighted by molar-refractivity contribution is 7.92. The molecule has 8 nitrogen and oxygen atoms in total. The number of hydrogen-bond acceptors (Lipinski definition) is 6. The Kier molecular flexibility index (Phi) is 5.25. The Morgan fingerprint density at radius 2 is 1.65 bits per heavy atom. The molecule has 1 aliphatic rings. The van der Waals surface area contributed by atoms with Gasteiger partial charge >= 0.3 is 6.03 Å². The van der Waals surface area contributed by atoms with Crippen LogP contribution in [-0.4, -0.2) is 26.3 Å². The average molecular weight is 480 g/mol. The zero-order valence-electron chi connectivity index (χ0n) is 15.3. The van der Waals surface area contributed by atoms with Crippen molar-refractivity contribution in [2.45, 2.75) is 4.21 Å². The smallest absolute Gasteiger partial charge is 0.307 e. The first-order chi connectivity index (χ1) is 14.7. The highest BCUT2D eigenvalue weighted by Crippen LogP contribution is 2.31. The van der Waals surface area contributed by atoms with Gasteiger partial charge in [-0.25, -0.2) is 27.2 Å². The number of carbonyl (C=O) groups is 3. The predicted octanol–water partition coefficient (Wildman–Crippen LogP) is 3.85. The maximum Gasteiger partial charge on any atom is 0.333 e. The van der Waals surface area contributed by atoms with Crippen LogP contribution in [0.2, 0.25) is 4.34 Å². The third-order valence-electron chi connectivity index (χ3n) is 4.28. The number of sulfonamides is 1. The largest absolute Gasteiger partial charge is 0.333 e. The van der Waals surface area contributed by atoms with E-state index < -0.39 is 33.7 Å². The van der Waals surface area contributed by atoms with E-state index in [-0.39, 0.29) is 31.0 Å². The molecule has 2 aromatic carbocycles. The molecule has 3 aromatic rings. The normalized spacial score (nSPS) is 13.3. The molecule has 158 valence electrons. The lowest BCUT2D eigenvalue weighted by atomic mass is 10.1. The molecule has 0 radical (unpaired) electrons. The van der Waals surface area contributed by atoms with Gasteiger partial charge in [-0.3, -0.25) is 9.59 Å². The number of hydrogen-bond donors (Lipinski definition) is 2. The van der Waals surface area contributed by atoms with Crippen LogP contribution in [0, 0.1) is 5.82 Å². The Balaban J connectivity index is 1.52. The number of nitrogens with zero attached hydrogens (tertiary/aromatic N) is 1. The highest BCUT2D eigenvalue weighted by Gasteiger charge is 2.37. The lowest BCUT2D eigenvalue weighted by Crippen LogP contribution is -2.34. The molecule has 4 amide bonds. The van der Waals surface area contributed by atoms with Crippen molar-refractivity contribution < 1.29 is 27.2 Å². The number of urea groups is 1. The van der Waals surface area contributed by atoms with Crippen LogP contribution >= 0.6 is 22.9 Å². The van der Waals surface area contributed by atoms with Crippen LogP contribution in [-0.2, 0) is 10.0 Å². The molecule has 2 heterocycles. The van der Waals surface area contributed by atoms with E-state index in [0.717, 1.165) is 23.5 Å². The van der Waals surface area contributed by atoms with Gasteiger partial charge in [0.2, 0.25) is 0 Å². The minimum atomic E-state index is -4.15. The fourth-order valence-electron chi connectivity index (χ4n) is 2.95. The average Bonchev–Trinajstić information content (AvgIpc) is 3.25. The van der Waals surface area contributed by atoms with Crippen LogP contribution in [0.4, 0.5) is 20.6 Å². The van der Waals surface area contributed by atoms with Gasteiger partial charge in [0.25, 0.3) is 21.8 Å². The lowest BCUT2D eigenvalue weighted by Gasteiger charge is -2.16. The van der Waals surface area contributed by atoms with Gasteiger partial charge < -0.3 is 5.32 Å². The summed E-state index contributed by atoms with van der Waals surface area (Å²) in [6.07, 6.45) is 0.